The van der Waals surface area contributed by atoms with Crippen LogP contribution in [0.5, 0.6) is 0 Å². The molecule has 2 saturated heterocycles. The fourth-order valence-corrected chi connectivity index (χ4v) is 3.91. The zero-order chi connectivity index (χ0) is 28.7. The van der Waals surface area contributed by atoms with Crippen molar-refractivity contribution in [1.82, 2.24) is 20.4 Å². The summed E-state index contributed by atoms with van der Waals surface area (Å²) >= 11 is 0. The van der Waals surface area contributed by atoms with Crippen LogP contribution in [0.1, 0.15) is 119 Å². The van der Waals surface area contributed by atoms with E-state index in [9.17, 15) is 0 Å². The van der Waals surface area contributed by atoms with E-state index in [4.69, 9.17) is 10.4 Å². The van der Waals surface area contributed by atoms with Gasteiger partial charge in [0.05, 0.1) is 11.4 Å². The maximum Gasteiger partial charge on any atom is 0.0596 e. The quantitative estimate of drug-likeness (QED) is 0.118. The van der Waals surface area contributed by atoms with E-state index in [0.29, 0.717) is 0 Å². The summed E-state index contributed by atoms with van der Waals surface area (Å²) in [5, 5.41) is 30.0. The standard InChI is InChI=1S/2C8H19N.2C7H14N2O/c2*1-3-5-7-9-8-6-4-2;2*1-2-9-5-3-7(8-10)4-6-9/h2*9H,3-8H2,1-2H3;2*10H,2-6H2,1H3. The Morgan fingerprint density at radius 3 is 0.974 bits per heavy atom. The molecule has 38 heavy (non-hydrogen) atoms. The molecule has 0 aromatic heterocycles. The second kappa shape index (κ2) is 32.0. The molecule has 0 saturated carbocycles. The lowest BCUT2D eigenvalue weighted by molar-refractivity contribution is 0.274. The molecule has 0 radical (unpaired) electrons. The van der Waals surface area contributed by atoms with Crippen LogP contribution in [0.3, 0.4) is 0 Å². The normalized spacial score (nSPS) is 15.8. The van der Waals surface area contributed by atoms with Crippen molar-refractivity contribution in [3.8, 4) is 0 Å². The monoisotopic (exact) mass is 543 g/mol. The van der Waals surface area contributed by atoms with Gasteiger partial charge in [-0.15, -0.1) is 0 Å². The van der Waals surface area contributed by atoms with Crippen LogP contribution in [-0.2, 0) is 0 Å². The van der Waals surface area contributed by atoms with E-state index in [1.165, 1.54) is 77.5 Å². The largest absolute Gasteiger partial charge is 0.411 e. The molecule has 0 aromatic carbocycles. The predicted molar refractivity (Wildman–Crippen MR) is 167 cm³/mol. The zero-order valence-corrected chi connectivity index (χ0v) is 26.2. The van der Waals surface area contributed by atoms with Crippen LogP contribution in [0.4, 0.5) is 0 Å². The molecule has 8 nitrogen and oxygen atoms in total. The topological polar surface area (TPSA) is 95.7 Å². The van der Waals surface area contributed by atoms with Gasteiger partial charge in [0.25, 0.3) is 0 Å². The van der Waals surface area contributed by atoms with E-state index in [2.05, 4.69) is 72.3 Å². The molecule has 228 valence electrons. The van der Waals surface area contributed by atoms with Crippen molar-refractivity contribution >= 4 is 11.4 Å². The fourth-order valence-electron chi connectivity index (χ4n) is 3.91. The third-order valence-electron chi connectivity index (χ3n) is 6.87. The van der Waals surface area contributed by atoms with Crippen LogP contribution in [0.2, 0.25) is 0 Å². The van der Waals surface area contributed by atoms with Crippen molar-refractivity contribution in [2.75, 3.05) is 65.4 Å². The maximum absolute atomic E-state index is 8.42. The van der Waals surface area contributed by atoms with Crippen molar-refractivity contribution in [2.45, 2.75) is 119 Å². The lowest BCUT2D eigenvalue weighted by atomic mass is 10.1. The molecule has 0 aromatic rings. The number of unbranched alkanes of at least 4 members (excludes halogenated alkanes) is 4. The number of likely N-dealkylation sites (tertiary alicyclic amines) is 2. The first-order valence-corrected chi connectivity index (χ1v) is 15.8. The second-order valence-electron chi connectivity index (χ2n) is 10.1. The maximum atomic E-state index is 8.42. The average molecular weight is 543 g/mol. The molecule has 0 atom stereocenters. The van der Waals surface area contributed by atoms with E-state index >= 15 is 0 Å². The van der Waals surface area contributed by atoms with Crippen LogP contribution in [0.15, 0.2) is 10.3 Å². The summed E-state index contributed by atoms with van der Waals surface area (Å²) in [6.45, 7) is 24.4. The highest BCUT2D eigenvalue weighted by atomic mass is 16.4. The summed E-state index contributed by atoms with van der Waals surface area (Å²) in [6, 6.07) is 0. The van der Waals surface area contributed by atoms with Crippen molar-refractivity contribution in [2.24, 2.45) is 10.3 Å². The van der Waals surface area contributed by atoms with E-state index in [-0.39, 0.29) is 0 Å². The Kier molecular flexibility index (Phi) is 32.8. The Labute approximate surface area is 236 Å². The Bertz CT molecular complexity index is 453. The third kappa shape index (κ3) is 26.4. The molecule has 0 unspecified atom stereocenters. The van der Waals surface area contributed by atoms with E-state index in [1.807, 2.05) is 0 Å². The molecule has 2 aliphatic heterocycles. The molecule has 0 amide bonds. The highest BCUT2D eigenvalue weighted by Crippen LogP contribution is 2.06. The third-order valence-corrected chi connectivity index (χ3v) is 6.87. The molecule has 0 bridgehead atoms. The average Bonchev–Trinajstić information content (AvgIpc) is 2.98. The number of nitrogens with zero attached hydrogens (tertiary/aromatic N) is 4. The molecule has 0 spiro atoms. The fraction of sp³-hybridized carbons (Fsp3) is 0.933. The highest BCUT2D eigenvalue weighted by Gasteiger charge is 2.13. The summed E-state index contributed by atoms with van der Waals surface area (Å²) in [7, 11) is 0. The Morgan fingerprint density at radius 2 is 0.789 bits per heavy atom. The summed E-state index contributed by atoms with van der Waals surface area (Å²) in [6.07, 6.45) is 14.3. The molecular weight excluding hydrogens is 476 g/mol. The SMILES string of the molecule is CCCCNCCCC.CCCCNCCCC.CCN1CCC(=NO)CC1.CCN1CCC(=NO)CC1. The second-order valence-corrected chi connectivity index (χ2v) is 10.1. The van der Waals surface area contributed by atoms with Crippen molar-refractivity contribution in [3.05, 3.63) is 0 Å². The number of nitrogens with one attached hydrogen (secondary N) is 2. The van der Waals surface area contributed by atoms with Gasteiger partial charge in [0.2, 0.25) is 0 Å². The molecule has 2 heterocycles. The first-order valence-electron chi connectivity index (χ1n) is 15.8. The summed E-state index contributed by atoms with van der Waals surface area (Å²) < 4.78 is 0. The van der Waals surface area contributed by atoms with Gasteiger partial charge in [0.1, 0.15) is 0 Å². The minimum absolute atomic E-state index is 0.935. The van der Waals surface area contributed by atoms with Crippen LogP contribution < -0.4 is 10.6 Å². The number of rotatable bonds is 14. The first-order chi connectivity index (χ1) is 18.6. The molecule has 2 aliphatic rings. The lowest BCUT2D eigenvalue weighted by Gasteiger charge is -2.24. The van der Waals surface area contributed by atoms with Gasteiger partial charge in [0.15, 0.2) is 0 Å². The molecule has 2 fully saturated rings. The molecule has 2 rings (SSSR count). The van der Waals surface area contributed by atoms with Crippen LogP contribution in [0.25, 0.3) is 0 Å². The molecule has 8 heteroatoms. The smallest absolute Gasteiger partial charge is 0.0596 e. The summed E-state index contributed by atoms with van der Waals surface area (Å²) in [5.74, 6) is 0. The molecular formula is C30H66N6O2. The van der Waals surface area contributed by atoms with E-state index in [1.54, 1.807) is 0 Å². The van der Waals surface area contributed by atoms with Crippen LogP contribution in [-0.4, -0.2) is 97.1 Å². The van der Waals surface area contributed by atoms with E-state index < -0.39 is 0 Å². The summed E-state index contributed by atoms with van der Waals surface area (Å²) in [5.41, 5.74) is 1.90. The lowest BCUT2D eigenvalue weighted by Crippen LogP contribution is -2.33. The number of hydrogen-bond acceptors (Lipinski definition) is 8. The number of oxime groups is 2. The van der Waals surface area contributed by atoms with Gasteiger partial charge < -0.3 is 30.8 Å². The predicted octanol–water partition coefficient (Wildman–Crippen LogP) is 6.22. The molecule has 0 aliphatic carbocycles. The van der Waals surface area contributed by atoms with E-state index in [0.717, 1.165) is 76.4 Å². The van der Waals surface area contributed by atoms with Crippen molar-refractivity contribution in [3.63, 3.8) is 0 Å². The van der Waals surface area contributed by atoms with Gasteiger partial charge >= 0.3 is 0 Å². The van der Waals surface area contributed by atoms with Gasteiger partial charge in [-0.25, -0.2) is 0 Å². The summed E-state index contributed by atoms with van der Waals surface area (Å²) in [4.78, 5) is 4.71. The van der Waals surface area contributed by atoms with Gasteiger partial charge in [-0.2, -0.15) is 0 Å². The Balaban J connectivity index is 0. The Morgan fingerprint density at radius 1 is 0.526 bits per heavy atom. The van der Waals surface area contributed by atoms with Crippen molar-refractivity contribution in [1.29, 1.82) is 0 Å². The van der Waals surface area contributed by atoms with Gasteiger partial charge in [-0.05, 0) is 65.0 Å². The Hall–Kier alpha value is -1.22. The van der Waals surface area contributed by atoms with Crippen LogP contribution in [0, 0.1) is 0 Å². The minimum Gasteiger partial charge on any atom is -0.411 e. The number of piperidine rings is 2. The number of hydrogen-bond donors (Lipinski definition) is 4. The first kappa shape index (κ1) is 38.9. The van der Waals surface area contributed by atoms with Crippen LogP contribution >= 0.6 is 0 Å². The zero-order valence-electron chi connectivity index (χ0n) is 26.2. The van der Waals surface area contributed by atoms with Gasteiger partial charge in [-0.3, -0.25) is 0 Å². The minimum atomic E-state index is 0.935. The van der Waals surface area contributed by atoms with Gasteiger partial charge in [-0.1, -0.05) is 77.5 Å². The van der Waals surface area contributed by atoms with Gasteiger partial charge in [0, 0.05) is 51.9 Å². The molecule has 4 N–H and O–H groups in total. The van der Waals surface area contributed by atoms with Crippen molar-refractivity contribution < 1.29 is 10.4 Å². The highest BCUT2D eigenvalue weighted by molar-refractivity contribution is 5.85.